The van der Waals surface area contributed by atoms with Gasteiger partial charge in [0.2, 0.25) is 10.0 Å². The molecule has 174 valence electrons. The Hall–Kier alpha value is -3.46. The molecule has 9 heteroatoms. The zero-order chi connectivity index (χ0) is 24.3. The Morgan fingerprint density at radius 3 is 2.38 bits per heavy atom. The van der Waals surface area contributed by atoms with Crippen molar-refractivity contribution in [2.45, 2.75) is 4.90 Å². The van der Waals surface area contributed by atoms with Crippen LogP contribution in [-0.4, -0.2) is 49.9 Å². The van der Waals surface area contributed by atoms with Crippen molar-refractivity contribution in [3.05, 3.63) is 89.6 Å². The first kappa shape index (κ1) is 23.7. The third-order valence-electron chi connectivity index (χ3n) is 5.17. The summed E-state index contributed by atoms with van der Waals surface area (Å²) in [7, 11) is 0.957. The lowest BCUT2D eigenvalue weighted by atomic mass is 10.1. The molecule has 7 nitrogen and oxygen atoms in total. The average Bonchev–Trinajstić information content (AvgIpc) is 3.28. The van der Waals surface area contributed by atoms with Crippen LogP contribution in [0.25, 0.3) is 16.9 Å². The standard InChI is InChI=1S/C25H23ClN4O3S/c1-29(2)34(31,32)22-13-14-23(26)24(15-22)27-16-19-17-30(20-7-5-4-6-8-20)28-25(19)18-9-11-21(33-3)12-10-18/h4-17H,1-3H3. The molecule has 0 atom stereocenters. The van der Waals surface area contributed by atoms with Gasteiger partial charge in [0, 0.05) is 37.6 Å². The van der Waals surface area contributed by atoms with Gasteiger partial charge in [-0.3, -0.25) is 4.99 Å². The molecule has 0 bridgehead atoms. The number of benzene rings is 3. The number of sulfonamides is 1. The van der Waals surface area contributed by atoms with Crippen LogP contribution < -0.4 is 4.74 Å². The Bertz CT molecular complexity index is 1430. The maximum atomic E-state index is 12.5. The number of methoxy groups -OCH3 is 1. The van der Waals surface area contributed by atoms with E-state index in [0.717, 1.165) is 26.9 Å². The quantitative estimate of drug-likeness (QED) is 0.331. The lowest BCUT2D eigenvalue weighted by molar-refractivity contribution is 0.415. The van der Waals surface area contributed by atoms with Gasteiger partial charge < -0.3 is 4.74 Å². The minimum absolute atomic E-state index is 0.115. The maximum absolute atomic E-state index is 12.5. The van der Waals surface area contributed by atoms with E-state index in [-0.39, 0.29) is 4.90 Å². The first-order valence-corrected chi connectivity index (χ1v) is 12.2. The second-order valence-corrected chi connectivity index (χ2v) is 10.2. The summed E-state index contributed by atoms with van der Waals surface area (Å²) in [5, 5.41) is 5.11. The molecule has 1 heterocycles. The highest BCUT2D eigenvalue weighted by Gasteiger charge is 2.18. The summed E-state index contributed by atoms with van der Waals surface area (Å²) < 4.78 is 33.2. The van der Waals surface area contributed by atoms with Crippen molar-refractivity contribution in [2.75, 3.05) is 21.2 Å². The van der Waals surface area contributed by atoms with Crippen molar-refractivity contribution >= 4 is 33.5 Å². The summed E-state index contributed by atoms with van der Waals surface area (Å²) in [4.78, 5) is 4.63. The first-order valence-electron chi connectivity index (χ1n) is 10.4. The minimum atomic E-state index is -3.62. The van der Waals surface area contributed by atoms with Crippen LogP contribution in [0.2, 0.25) is 5.02 Å². The van der Waals surface area contributed by atoms with Crippen molar-refractivity contribution in [3.63, 3.8) is 0 Å². The number of rotatable bonds is 7. The van der Waals surface area contributed by atoms with E-state index in [2.05, 4.69) is 4.99 Å². The monoisotopic (exact) mass is 494 g/mol. The van der Waals surface area contributed by atoms with E-state index in [1.807, 2.05) is 60.8 Å². The van der Waals surface area contributed by atoms with Crippen LogP contribution in [0.5, 0.6) is 5.75 Å². The van der Waals surface area contributed by atoms with Crippen LogP contribution in [0, 0.1) is 0 Å². The molecule has 0 spiro atoms. The number of nitrogens with zero attached hydrogens (tertiary/aromatic N) is 4. The van der Waals surface area contributed by atoms with Gasteiger partial charge in [0.25, 0.3) is 0 Å². The number of hydrogen-bond acceptors (Lipinski definition) is 5. The SMILES string of the molecule is COc1ccc(-c2nn(-c3ccccc3)cc2C=Nc2cc(S(=O)(=O)N(C)C)ccc2Cl)cc1. The highest BCUT2D eigenvalue weighted by atomic mass is 35.5. The Balaban J connectivity index is 1.78. The van der Waals surface area contributed by atoms with E-state index in [1.54, 1.807) is 18.0 Å². The molecule has 4 rings (SSSR count). The number of aliphatic imine (C=N–C) groups is 1. The second-order valence-electron chi connectivity index (χ2n) is 7.60. The van der Waals surface area contributed by atoms with Crippen molar-refractivity contribution in [1.29, 1.82) is 0 Å². The lowest BCUT2D eigenvalue weighted by Gasteiger charge is -2.12. The fraction of sp³-hybridized carbons (Fsp3) is 0.120. The lowest BCUT2D eigenvalue weighted by Crippen LogP contribution is -2.22. The van der Waals surface area contributed by atoms with Gasteiger partial charge in [-0.05, 0) is 54.6 Å². The van der Waals surface area contributed by atoms with Crippen LogP contribution in [0.4, 0.5) is 5.69 Å². The number of hydrogen-bond donors (Lipinski definition) is 0. The Kier molecular flexibility index (Phi) is 6.83. The Morgan fingerprint density at radius 2 is 1.74 bits per heavy atom. The molecule has 0 unspecified atom stereocenters. The van der Waals surface area contributed by atoms with Gasteiger partial charge in [0.1, 0.15) is 11.4 Å². The molecule has 0 aliphatic heterocycles. The van der Waals surface area contributed by atoms with E-state index >= 15 is 0 Å². The molecule has 0 fully saturated rings. The molecule has 0 radical (unpaired) electrons. The van der Waals surface area contributed by atoms with E-state index in [9.17, 15) is 8.42 Å². The molecule has 0 amide bonds. The van der Waals surface area contributed by atoms with E-state index in [4.69, 9.17) is 21.4 Å². The molecule has 1 aromatic heterocycles. The molecular weight excluding hydrogens is 472 g/mol. The van der Waals surface area contributed by atoms with Crippen LogP contribution in [0.3, 0.4) is 0 Å². The fourth-order valence-electron chi connectivity index (χ4n) is 3.27. The Morgan fingerprint density at radius 1 is 1.03 bits per heavy atom. The number of aromatic nitrogens is 2. The second kappa shape index (κ2) is 9.80. The molecular formula is C25H23ClN4O3S. The summed E-state index contributed by atoms with van der Waals surface area (Å²) in [5.41, 5.74) is 3.58. The largest absolute Gasteiger partial charge is 0.497 e. The van der Waals surface area contributed by atoms with Gasteiger partial charge in [-0.15, -0.1) is 0 Å². The smallest absolute Gasteiger partial charge is 0.242 e. The summed E-state index contributed by atoms with van der Waals surface area (Å²) in [6.07, 6.45) is 3.51. The minimum Gasteiger partial charge on any atom is -0.497 e. The van der Waals surface area contributed by atoms with Crippen LogP contribution in [0.15, 0.2) is 88.9 Å². The molecule has 34 heavy (non-hydrogen) atoms. The maximum Gasteiger partial charge on any atom is 0.242 e. The highest BCUT2D eigenvalue weighted by molar-refractivity contribution is 7.89. The summed E-state index contributed by atoms with van der Waals surface area (Å²) in [6, 6.07) is 21.8. The van der Waals surface area contributed by atoms with E-state index in [0.29, 0.717) is 16.4 Å². The summed E-state index contributed by atoms with van der Waals surface area (Å²) in [5.74, 6) is 0.743. The highest BCUT2D eigenvalue weighted by Crippen LogP contribution is 2.30. The van der Waals surface area contributed by atoms with Crippen LogP contribution in [0.1, 0.15) is 5.56 Å². The molecule has 0 saturated carbocycles. The topological polar surface area (TPSA) is 76.8 Å². The molecule has 0 saturated heterocycles. The molecule has 4 aromatic rings. The summed E-state index contributed by atoms with van der Waals surface area (Å²) in [6.45, 7) is 0. The van der Waals surface area contributed by atoms with Gasteiger partial charge in [0.15, 0.2) is 0 Å². The normalized spacial score (nSPS) is 11.9. The first-order chi connectivity index (χ1) is 16.3. The third-order valence-corrected chi connectivity index (χ3v) is 7.30. The van der Waals surface area contributed by atoms with Gasteiger partial charge in [-0.2, -0.15) is 5.10 Å². The van der Waals surface area contributed by atoms with Crippen LogP contribution in [-0.2, 0) is 10.0 Å². The fourth-order valence-corrected chi connectivity index (χ4v) is 4.36. The Labute approximate surface area is 204 Å². The molecule has 3 aromatic carbocycles. The van der Waals surface area contributed by atoms with Crippen molar-refractivity contribution in [3.8, 4) is 22.7 Å². The van der Waals surface area contributed by atoms with Crippen molar-refractivity contribution < 1.29 is 13.2 Å². The number of para-hydroxylation sites is 1. The predicted molar refractivity (Wildman–Crippen MR) is 135 cm³/mol. The van der Waals surface area contributed by atoms with Crippen molar-refractivity contribution in [2.24, 2.45) is 4.99 Å². The molecule has 0 aliphatic rings. The molecule has 0 N–H and O–H groups in total. The van der Waals surface area contributed by atoms with Gasteiger partial charge in [-0.25, -0.2) is 17.4 Å². The average molecular weight is 495 g/mol. The third kappa shape index (κ3) is 4.89. The zero-order valence-corrected chi connectivity index (χ0v) is 20.5. The van der Waals surface area contributed by atoms with E-state index in [1.165, 1.54) is 32.3 Å². The summed E-state index contributed by atoms with van der Waals surface area (Å²) >= 11 is 6.33. The van der Waals surface area contributed by atoms with E-state index < -0.39 is 10.0 Å². The van der Waals surface area contributed by atoms with Gasteiger partial charge >= 0.3 is 0 Å². The van der Waals surface area contributed by atoms with Gasteiger partial charge in [0.05, 0.1) is 28.4 Å². The van der Waals surface area contributed by atoms with Gasteiger partial charge in [-0.1, -0.05) is 29.8 Å². The zero-order valence-electron chi connectivity index (χ0n) is 18.9. The van der Waals surface area contributed by atoms with Crippen LogP contribution >= 0.6 is 11.6 Å². The molecule has 0 aliphatic carbocycles. The predicted octanol–water partition coefficient (Wildman–Crippen LogP) is 5.20. The number of halogens is 1. The number of ether oxygens (including phenoxy) is 1. The van der Waals surface area contributed by atoms with Crippen molar-refractivity contribution in [1.82, 2.24) is 14.1 Å².